The molecule has 8 heteroatoms. The number of sulfonamides is 1. The number of rotatable bonds is 2. The van der Waals surface area contributed by atoms with Gasteiger partial charge in [0.2, 0.25) is 10.0 Å². The minimum absolute atomic E-state index is 0. The topological polar surface area (TPSA) is 63.4 Å². The van der Waals surface area contributed by atoms with Gasteiger partial charge in [0, 0.05) is 23.6 Å². The number of piperidine rings is 1. The second kappa shape index (κ2) is 6.49. The molecule has 2 N–H and O–H groups in total. The second-order valence-electron chi connectivity index (χ2n) is 4.34. The van der Waals surface area contributed by atoms with Crippen molar-refractivity contribution in [3.05, 3.63) is 28.5 Å². The third-order valence-electron chi connectivity index (χ3n) is 2.93. The van der Waals surface area contributed by atoms with Crippen LogP contribution in [0.3, 0.4) is 0 Å². The van der Waals surface area contributed by atoms with Crippen LogP contribution < -0.4 is 5.73 Å². The standard InChI is InChI=1S/C11H14BrFN2O2S.ClH/c12-10-6-8(13)3-4-11(10)18(16,17)15-5-1-2-9(14)7-15;/h3-4,6,9H,1-2,5,7,14H2;1H/t9-;/m1./s1. The van der Waals surface area contributed by atoms with Crippen molar-refractivity contribution < 1.29 is 12.8 Å². The van der Waals surface area contributed by atoms with Crippen LogP contribution in [-0.4, -0.2) is 31.9 Å². The first-order chi connectivity index (χ1) is 8.41. The molecule has 0 saturated carbocycles. The Morgan fingerprint density at radius 3 is 2.68 bits per heavy atom. The van der Waals surface area contributed by atoms with Gasteiger partial charge in [-0.1, -0.05) is 0 Å². The van der Waals surface area contributed by atoms with Gasteiger partial charge in [-0.3, -0.25) is 0 Å². The monoisotopic (exact) mass is 372 g/mol. The van der Waals surface area contributed by atoms with Crippen molar-refractivity contribution in [1.29, 1.82) is 0 Å². The van der Waals surface area contributed by atoms with Gasteiger partial charge in [0.05, 0.1) is 4.90 Å². The zero-order valence-corrected chi connectivity index (χ0v) is 13.3. The lowest BCUT2D eigenvalue weighted by molar-refractivity contribution is 0.316. The van der Waals surface area contributed by atoms with Crippen molar-refractivity contribution in [3.8, 4) is 0 Å². The normalized spacial score (nSPS) is 20.9. The molecule has 0 unspecified atom stereocenters. The van der Waals surface area contributed by atoms with E-state index in [-0.39, 0.29) is 27.8 Å². The van der Waals surface area contributed by atoms with E-state index in [1.54, 1.807) is 0 Å². The van der Waals surface area contributed by atoms with E-state index in [1.165, 1.54) is 10.4 Å². The van der Waals surface area contributed by atoms with Crippen molar-refractivity contribution in [2.45, 2.75) is 23.8 Å². The molecule has 0 aliphatic carbocycles. The summed E-state index contributed by atoms with van der Waals surface area (Å²) in [7, 11) is -3.60. The Balaban J connectivity index is 0.00000180. The Morgan fingerprint density at radius 1 is 1.42 bits per heavy atom. The molecule has 1 aliphatic heterocycles. The lowest BCUT2D eigenvalue weighted by atomic mass is 10.1. The summed E-state index contributed by atoms with van der Waals surface area (Å²) in [4.78, 5) is 0.0815. The van der Waals surface area contributed by atoms with E-state index in [2.05, 4.69) is 15.9 Å². The molecule has 1 atom stereocenters. The Morgan fingerprint density at radius 2 is 2.11 bits per heavy atom. The van der Waals surface area contributed by atoms with Crippen molar-refractivity contribution in [1.82, 2.24) is 4.31 Å². The van der Waals surface area contributed by atoms with Crippen LogP contribution in [0.2, 0.25) is 0 Å². The van der Waals surface area contributed by atoms with Crippen molar-refractivity contribution in [3.63, 3.8) is 0 Å². The van der Waals surface area contributed by atoms with Gasteiger partial charge in [0.15, 0.2) is 0 Å². The van der Waals surface area contributed by atoms with Gasteiger partial charge in [-0.25, -0.2) is 12.8 Å². The average molecular weight is 374 g/mol. The summed E-state index contributed by atoms with van der Waals surface area (Å²) in [5, 5.41) is 0. The minimum Gasteiger partial charge on any atom is -0.327 e. The van der Waals surface area contributed by atoms with Crippen LogP contribution >= 0.6 is 28.3 Å². The highest BCUT2D eigenvalue weighted by Gasteiger charge is 2.30. The Bertz CT molecular complexity index is 556. The van der Waals surface area contributed by atoms with E-state index in [0.29, 0.717) is 13.1 Å². The first-order valence-corrected chi connectivity index (χ1v) is 7.85. The van der Waals surface area contributed by atoms with E-state index in [9.17, 15) is 12.8 Å². The molecule has 1 heterocycles. The molecule has 1 aromatic rings. The molecule has 1 aliphatic rings. The SMILES string of the molecule is Cl.N[C@@H]1CCCN(S(=O)(=O)c2ccc(F)cc2Br)C1. The van der Waals surface area contributed by atoms with Gasteiger partial charge in [0.1, 0.15) is 5.82 Å². The molecular formula is C11H15BrClFN2O2S. The van der Waals surface area contributed by atoms with Crippen molar-refractivity contribution in [2.24, 2.45) is 5.73 Å². The van der Waals surface area contributed by atoms with Crippen LogP contribution in [0.15, 0.2) is 27.6 Å². The summed E-state index contributed by atoms with van der Waals surface area (Å²) in [6.45, 7) is 0.770. The highest BCUT2D eigenvalue weighted by Crippen LogP contribution is 2.27. The third kappa shape index (κ3) is 3.66. The van der Waals surface area contributed by atoms with E-state index in [1.807, 2.05) is 0 Å². The summed E-state index contributed by atoms with van der Waals surface area (Å²) in [6, 6.07) is 3.43. The first-order valence-electron chi connectivity index (χ1n) is 5.62. The smallest absolute Gasteiger partial charge is 0.244 e. The molecule has 0 spiro atoms. The third-order valence-corrected chi connectivity index (χ3v) is 5.77. The average Bonchev–Trinajstić information content (AvgIpc) is 2.28. The fourth-order valence-electron chi connectivity index (χ4n) is 2.02. The number of nitrogens with zero attached hydrogens (tertiary/aromatic N) is 1. The lowest BCUT2D eigenvalue weighted by Crippen LogP contribution is -2.45. The predicted octanol–water partition coefficient (Wildman–Crippen LogP) is 2.12. The van der Waals surface area contributed by atoms with Crippen LogP contribution in [-0.2, 0) is 10.0 Å². The van der Waals surface area contributed by atoms with Gasteiger partial charge in [-0.2, -0.15) is 4.31 Å². The second-order valence-corrected chi connectivity index (χ2v) is 7.10. The Hall–Kier alpha value is -0.210. The molecular weight excluding hydrogens is 359 g/mol. The largest absolute Gasteiger partial charge is 0.327 e. The van der Waals surface area contributed by atoms with Crippen LogP contribution in [0.1, 0.15) is 12.8 Å². The van der Waals surface area contributed by atoms with E-state index >= 15 is 0 Å². The fraction of sp³-hybridized carbons (Fsp3) is 0.455. The number of nitrogens with two attached hydrogens (primary N) is 1. The maximum absolute atomic E-state index is 13.0. The molecule has 2 rings (SSSR count). The lowest BCUT2D eigenvalue weighted by Gasteiger charge is -2.30. The molecule has 0 radical (unpaired) electrons. The number of hydrogen-bond donors (Lipinski definition) is 1. The number of benzene rings is 1. The molecule has 0 bridgehead atoms. The predicted molar refractivity (Wildman–Crippen MR) is 77.3 cm³/mol. The molecule has 1 aromatic carbocycles. The summed E-state index contributed by atoms with van der Waals surface area (Å²) in [5.41, 5.74) is 5.78. The zero-order valence-electron chi connectivity index (χ0n) is 10.1. The molecule has 4 nitrogen and oxygen atoms in total. The summed E-state index contributed by atoms with van der Waals surface area (Å²) in [5.74, 6) is -0.476. The minimum atomic E-state index is -3.60. The van der Waals surface area contributed by atoms with Gasteiger partial charge in [-0.05, 0) is 47.0 Å². The summed E-state index contributed by atoms with van der Waals surface area (Å²) >= 11 is 3.09. The molecule has 108 valence electrons. The molecule has 0 aromatic heterocycles. The van der Waals surface area contributed by atoms with Gasteiger partial charge < -0.3 is 5.73 Å². The maximum Gasteiger partial charge on any atom is 0.244 e. The van der Waals surface area contributed by atoms with Crippen molar-refractivity contribution in [2.75, 3.05) is 13.1 Å². The molecule has 1 saturated heterocycles. The molecule has 0 amide bonds. The first kappa shape index (κ1) is 16.8. The highest BCUT2D eigenvalue weighted by molar-refractivity contribution is 9.10. The maximum atomic E-state index is 13.0. The van der Waals surface area contributed by atoms with E-state index < -0.39 is 15.8 Å². The number of halogens is 3. The quantitative estimate of drug-likeness (QED) is 0.864. The summed E-state index contributed by atoms with van der Waals surface area (Å²) < 4.78 is 39.3. The van der Waals surface area contributed by atoms with E-state index in [0.717, 1.165) is 25.0 Å². The summed E-state index contributed by atoms with van der Waals surface area (Å²) in [6.07, 6.45) is 1.58. The van der Waals surface area contributed by atoms with E-state index in [4.69, 9.17) is 5.73 Å². The Kier molecular flexibility index (Phi) is 5.76. The van der Waals surface area contributed by atoms with Crippen LogP contribution in [0, 0.1) is 5.82 Å². The van der Waals surface area contributed by atoms with Gasteiger partial charge >= 0.3 is 0 Å². The zero-order chi connectivity index (χ0) is 13.3. The van der Waals surface area contributed by atoms with Crippen LogP contribution in [0.5, 0.6) is 0 Å². The van der Waals surface area contributed by atoms with Crippen LogP contribution in [0.25, 0.3) is 0 Å². The van der Waals surface area contributed by atoms with Crippen molar-refractivity contribution >= 4 is 38.4 Å². The Labute approximate surface area is 126 Å². The number of hydrogen-bond acceptors (Lipinski definition) is 3. The highest BCUT2D eigenvalue weighted by atomic mass is 79.9. The van der Waals surface area contributed by atoms with Gasteiger partial charge in [0.25, 0.3) is 0 Å². The van der Waals surface area contributed by atoms with Gasteiger partial charge in [-0.15, -0.1) is 12.4 Å². The van der Waals surface area contributed by atoms with Crippen LogP contribution in [0.4, 0.5) is 4.39 Å². The molecule has 19 heavy (non-hydrogen) atoms. The fourth-order valence-corrected chi connectivity index (χ4v) is 4.56. The molecule has 1 fully saturated rings.